The molecule has 1 aliphatic rings. The van der Waals surface area contributed by atoms with Crippen LogP contribution in [0.25, 0.3) is 0 Å². The number of amides is 1. The Morgan fingerprint density at radius 2 is 2.31 bits per heavy atom. The predicted molar refractivity (Wildman–Crippen MR) is 64.1 cm³/mol. The number of ether oxygens (including phenoxy) is 1. The zero-order valence-electron chi connectivity index (χ0n) is 10.4. The first-order chi connectivity index (χ1) is 7.69. The number of nitrogens with two attached hydrogens (primary N) is 1. The summed E-state index contributed by atoms with van der Waals surface area (Å²) in [7, 11) is 0. The minimum atomic E-state index is 0.191. The van der Waals surface area contributed by atoms with Crippen molar-refractivity contribution < 1.29 is 9.53 Å². The summed E-state index contributed by atoms with van der Waals surface area (Å²) >= 11 is 0. The Kier molecular flexibility index (Phi) is 5.77. The maximum Gasteiger partial charge on any atom is 0.225 e. The number of nitrogens with zero attached hydrogens (tertiary/aromatic N) is 1. The van der Waals surface area contributed by atoms with E-state index in [1.807, 2.05) is 11.8 Å². The van der Waals surface area contributed by atoms with Gasteiger partial charge in [-0.3, -0.25) is 4.79 Å². The van der Waals surface area contributed by atoms with Crippen LogP contribution in [0.3, 0.4) is 0 Å². The Hall–Kier alpha value is -0.610. The van der Waals surface area contributed by atoms with E-state index in [1.54, 1.807) is 0 Å². The monoisotopic (exact) mass is 228 g/mol. The minimum absolute atomic E-state index is 0.191. The fraction of sp³-hybridized carbons (Fsp3) is 0.917. The standard InChI is InChI=1S/C12H24N2O2/c1-3-16-7-5-12(15)14-6-4-10(2)8-11(14)9-13/h10-11H,3-9,13H2,1-2H3. The van der Waals surface area contributed by atoms with Gasteiger partial charge in [0.15, 0.2) is 0 Å². The molecule has 16 heavy (non-hydrogen) atoms. The SMILES string of the molecule is CCOCCC(=O)N1CCC(C)CC1CN. The van der Waals surface area contributed by atoms with Gasteiger partial charge in [0.05, 0.1) is 13.0 Å². The van der Waals surface area contributed by atoms with E-state index in [0.717, 1.165) is 19.4 Å². The van der Waals surface area contributed by atoms with Crippen LogP contribution < -0.4 is 5.73 Å². The largest absolute Gasteiger partial charge is 0.381 e. The third-order valence-corrected chi connectivity index (χ3v) is 3.23. The third kappa shape index (κ3) is 3.76. The Morgan fingerprint density at radius 1 is 1.56 bits per heavy atom. The molecule has 2 atom stereocenters. The number of hydrogen-bond donors (Lipinski definition) is 1. The van der Waals surface area contributed by atoms with Crippen molar-refractivity contribution in [1.29, 1.82) is 0 Å². The molecule has 1 saturated heterocycles. The first kappa shape index (κ1) is 13.5. The van der Waals surface area contributed by atoms with Crippen molar-refractivity contribution in [3.63, 3.8) is 0 Å². The molecular weight excluding hydrogens is 204 g/mol. The summed E-state index contributed by atoms with van der Waals surface area (Å²) in [5.41, 5.74) is 5.72. The normalized spacial score (nSPS) is 25.8. The molecule has 1 rings (SSSR count). The smallest absolute Gasteiger partial charge is 0.225 e. The van der Waals surface area contributed by atoms with Crippen molar-refractivity contribution in [1.82, 2.24) is 4.90 Å². The molecule has 1 amide bonds. The van der Waals surface area contributed by atoms with Gasteiger partial charge < -0.3 is 15.4 Å². The molecule has 0 aromatic rings. The molecule has 94 valence electrons. The lowest BCUT2D eigenvalue weighted by molar-refractivity contribution is -0.136. The Labute approximate surface area is 98.1 Å². The molecule has 0 spiro atoms. The molecule has 1 aliphatic heterocycles. The van der Waals surface area contributed by atoms with Gasteiger partial charge in [0.2, 0.25) is 5.91 Å². The van der Waals surface area contributed by atoms with Crippen LogP contribution in [0.15, 0.2) is 0 Å². The summed E-state index contributed by atoms with van der Waals surface area (Å²) in [4.78, 5) is 13.9. The van der Waals surface area contributed by atoms with Crippen LogP contribution in [-0.4, -0.2) is 43.2 Å². The van der Waals surface area contributed by atoms with Crippen LogP contribution in [0.1, 0.15) is 33.1 Å². The van der Waals surface area contributed by atoms with Crippen LogP contribution in [0.4, 0.5) is 0 Å². The number of rotatable bonds is 5. The zero-order valence-corrected chi connectivity index (χ0v) is 10.4. The quantitative estimate of drug-likeness (QED) is 0.714. The van der Waals surface area contributed by atoms with Crippen LogP contribution in [0, 0.1) is 5.92 Å². The summed E-state index contributed by atoms with van der Waals surface area (Å²) in [5, 5.41) is 0. The number of hydrogen-bond acceptors (Lipinski definition) is 3. The molecule has 0 aromatic heterocycles. The minimum Gasteiger partial charge on any atom is -0.381 e. The van der Waals surface area contributed by atoms with Crippen molar-refractivity contribution in [2.75, 3.05) is 26.3 Å². The van der Waals surface area contributed by atoms with E-state index in [9.17, 15) is 4.79 Å². The second-order valence-electron chi connectivity index (χ2n) is 4.55. The molecule has 1 heterocycles. The van der Waals surface area contributed by atoms with Gasteiger partial charge in [-0.1, -0.05) is 6.92 Å². The van der Waals surface area contributed by atoms with E-state index in [-0.39, 0.29) is 11.9 Å². The average Bonchev–Trinajstić information content (AvgIpc) is 2.29. The molecule has 0 radical (unpaired) electrons. The van der Waals surface area contributed by atoms with E-state index >= 15 is 0 Å². The fourth-order valence-electron chi connectivity index (χ4n) is 2.25. The third-order valence-electron chi connectivity index (χ3n) is 3.23. The molecule has 2 unspecified atom stereocenters. The molecule has 0 aliphatic carbocycles. The Bertz CT molecular complexity index is 221. The second kappa shape index (κ2) is 6.86. The molecule has 2 N–H and O–H groups in total. The number of piperidine rings is 1. The van der Waals surface area contributed by atoms with Gasteiger partial charge in [-0.05, 0) is 25.7 Å². The van der Waals surface area contributed by atoms with Crippen LogP contribution in [0.5, 0.6) is 0 Å². The topological polar surface area (TPSA) is 55.6 Å². The molecule has 4 heteroatoms. The van der Waals surface area contributed by atoms with E-state index in [4.69, 9.17) is 10.5 Å². The first-order valence-corrected chi connectivity index (χ1v) is 6.26. The van der Waals surface area contributed by atoms with Gasteiger partial charge in [0, 0.05) is 25.7 Å². The second-order valence-corrected chi connectivity index (χ2v) is 4.55. The van der Waals surface area contributed by atoms with Crippen LogP contribution in [0.2, 0.25) is 0 Å². The maximum absolute atomic E-state index is 11.9. The van der Waals surface area contributed by atoms with E-state index in [0.29, 0.717) is 32.1 Å². The van der Waals surface area contributed by atoms with Crippen molar-refractivity contribution in [3.05, 3.63) is 0 Å². The molecule has 0 bridgehead atoms. The number of carbonyl (C=O) groups is 1. The van der Waals surface area contributed by atoms with E-state index in [2.05, 4.69) is 6.92 Å². The summed E-state index contributed by atoms with van der Waals surface area (Å²) in [6.45, 7) is 6.79. The highest BCUT2D eigenvalue weighted by molar-refractivity contribution is 5.76. The summed E-state index contributed by atoms with van der Waals surface area (Å²) < 4.78 is 5.21. The van der Waals surface area contributed by atoms with Crippen molar-refractivity contribution >= 4 is 5.91 Å². The van der Waals surface area contributed by atoms with Crippen molar-refractivity contribution in [2.24, 2.45) is 11.7 Å². The Balaban J connectivity index is 2.40. The van der Waals surface area contributed by atoms with E-state index < -0.39 is 0 Å². The lowest BCUT2D eigenvalue weighted by Crippen LogP contribution is -2.49. The van der Waals surface area contributed by atoms with Gasteiger partial charge >= 0.3 is 0 Å². The predicted octanol–water partition coefficient (Wildman–Crippen LogP) is 0.999. The van der Waals surface area contributed by atoms with Gasteiger partial charge in [-0.25, -0.2) is 0 Å². The highest BCUT2D eigenvalue weighted by atomic mass is 16.5. The highest BCUT2D eigenvalue weighted by Crippen LogP contribution is 2.22. The molecule has 1 fully saturated rings. The van der Waals surface area contributed by atoms with Crippen LogP contribution >= 0.6 is 0 Å². The van der Waals surface area contributed by atoms with Gasteiger partial charge in [-0.15, -0.1) is 0 Å². The first-order valence-electron chi connectivity index (χ1n) is 6.26. The van der Waals surface area contributed by atoms with Gasteiger partial charge in [-0.2, -0.15) is 0 Å². The fourth-order valence-corrected chi connectivity index (χ4v) is 2.25. The maximum atomic E-state index is 11.9. The molecule has 4 nitrogen and oxygen atoms in total. The molecular formula is C12H24N2O2. The molecule has 0 saturated carbocycles. The van der Waals surface area contributed by atoms with Crippen LogP contribution in [-0.2, 0) is 9.53 Å². The van der Waals surface area contributed by atoms with Gasteiger partial charge in [0.25, 0.3) is 0 Å². The number of carbonyl (C=O) groups excluding carboxylic acids is 1. The average molecular weight is 228 g/mol. The zero-order chi connectivity index (χ0) is 12.0. The van der Waals surface area contributed by atoms with E-state index in [1.165, 1.54) is 0 Å². The molecule has 0 aromatic carbocycles. The van der Waals surface area contributed by atoms with Gasteiger partial charge in [0.1, 0.15) is 0 Å². The summed E-state index contributed by atoms with van der Waals surface area (Å²) in [6, 6.07) is 0.234. The van der Waals surface area contributed by atoms with Crippen molar-refractivity contribution in [2.45, 2.75) is 39.2 Å². The lowest BCUT2D eigenvalue weighted by Gasteiger charge is -2.38. The lowest BCUT2D eigenvalue weighted by atomic mass is 9.92. The highest BCUT2D eigenvalue weighted by Gasteiger charge is 2.28. The Morgan fingerprint density at radius 3 is 2.94 bits per heavy atom. The number of likely N-dealkylation sites (tertiary alicyclic amines) is 1. The summed E-state index contributed by atoms with van der Waals surface area (Å²) in [6.07, 6.45) is 2.62. The van der Waals surface area contributed by atoms with Crippen molar-refractivity contribution in [3.8, 4) is 0 Å². The summed E-state index contributed by atoms with van der Waals surface area (Å²) in [5.74, 6) is 0.875.